The van der Waals surface area contributed by atoms with Crippen LogP contribution in [-0.2, 0) is 12.0 Å². The minimum Gasteiger partial charge on any atom is -0.385 e. The van der Waals surface area contributed by atoms with Gasteiger partial charge in [-0.25, -0.2) is 0 Å². The van der Waals surface area contributed by atoms with Gasteiger partial charge >= 0.3 is 0 Å². The Bertz CT molecular complexity index is 392. The number of rotatable bonds is 3. The van der Waals surface area contributed by atoms with E-state index in [0.29, 0.717) is 6.04 Å². The average molecular weight is 231 g/mol. The highest BCUT2D eigenvalue weighted by Crippen LogP contribution is 2.45. The van der Waals surface area contributed by atoms with Crippen LogP contribution in [0.25, 0.3) is 0 Å². The van der Waals surface area contributed by atoms with Crippen molar-refractivity contribution >= 4 is 0 Å². The smallest absolute Gasteiger partial charge is 0.0899 e. The Kier molecular flexibility index (Phi) is 2.93. The molecule has 0 bridgehead atoms. The molecule has 1 aliphatic heterocycles. The molecule has 0 aromatic heterocycles. The molecule has 0 amide bonds. The molecule has 1 saturated carbocycles. The molecule has 0 radical (unpaired) electrons. The van der Waals surface area contributed by atoms with Gasteiger partial charge in [-0.3, -0.25) is 0 Å². The highest BCUT2D eigenvalue weighted by molar-refractivity contribution is 5.32. The Morgan fingerprint density at radius 3 is 2.88 bits per heavy atom. The number of piperidine rings is 1. The number of aliphatic hydroxyl groups is 1. The van der Waals surface area contributed by atoms with E-state index in [1.807, 2.05) is 0 Å². The lowest BCUT2D eigenvalue weighted by molar-refractivity contribution is 0.151. The third kappa shape index (κ3) is 2.53. The number of hydrogen-bond acceptors (Lipinski definition) is 2. The van der Waals surface area contributed by atoms with Crippen LogP contribution in [0.1, 0.15) is 43.2 Å². The quantitative estimate of drug-likeness (QED) is 0.837. The summed E-state index contributed by atoms with van der Waals surface area (Å²) >= 11 is 0. The van der Waals surface area contributed by atoms with Gasteiger partial charge in [0.2, 0.25) is 0 Å². The molecule has 2 heteroatoms. The number of benzene rings is 1. The Morgan fingerprint density at radius 2 is 2.18 bits per heavy atom. The first kappa shape index (κ1) is 11.2. The summed E-state index contributed by atoms with van der Waals surface area (Å²) in [6, 6.07) is 9.16. The van der Waals surface area contributed by atoms with E-state index in [1.54, 1.807) is 0 Å². The van der Waals surface area contributed by atoms with Crippen LogP contribution >= 0.6 is 0 Å². The van der Waals surface area contributed by atoms with Crippen molar-refractivity contribution in [3.05, 3.63) is 35.4 Å². The summed E-state index contributed by atoms with van der Waals surface area (Å²) in [6.45, 7) is 1.16. The summed E-state index contributed by atoms with van der Waals surface area (Å²) in [6.07, 6.45) is 6.91. The highest BCUT2D eigenvalue weighted by Gasteiger charge is 2.42. The Hall–Kier alpha value is -0.860. The van der Waals surface area contributed by atoms with Crippen LogP contribution in [0.2, 0.25) is 0 Å². The standard InChI is InChI=1S/C15H21NO/c17-15(7-8-15)13-5-3-4-12(10-13)11-14-6-1-2-9-16-14/h3-5,10,14,16-17H,1-2,6-9,11H2. The highest BCUT2D eigenvalue weighted by atomic mass is 16.3. The van der Waals surface area contributed by atoms with Crippen molar-refractivity contribution in [3.63, 3.8) is 0 Å². The summed E-state index contributed by atoms with van der Waals surface area (Å²) in [7, 11) is 0. The fraction of sp³-hybridized carbons (Fsp3) is 0.600. The normalized spacial score (nSPS) is 26.8. The fourth-order valence-corrected chi connectivity index (χ4v) is 2.78. The van der Waals surface area contributed by atoms with Crippen molar-refractivity contribution in [2.24, 2.45) is 0 Å². The molecule has 1 aromatic carbocycles. The van der Waals surface area contributed by atoms with E-state index in [2.05, 4.69) is 29.6 Å². The summed E-state index contributed by atoms with van der Waals surface area (Å²) in [5.74, 6) is 0. The van der Waals surface area contributed by atoms with Crippen molar-refractivity contribution in [2.75, 3.05) is 6.54 Å². The third-order valence-corrected chi connectivity index (χ3v) is 4.08. The SMILES string of the molecule is OC1(c2cccc(CC3CCCCN3)c2)CC1. The summed E-state index contributed by atoms with van der Waals surface area (Å²) < 4.78 is 0. The first-order valence-electron chi connectivity index (χ1n) is 6.81. The molecule has 1 saturated heterocycles. The molecule has 2 fully saturated rings. The van der Waals surface area contributed by atoms with Crippen LogP contribution in [0.5, 0.6) is 0 Å². The summed E-state index contributed by atoms with van der Waals surface area (Å²) in [4.78, 5) is 0. The fourth-order valence-electron chi connectivity index (χ4n) is 2.78. The maximum atomic E-state index is 10.1. The average Bonchev–Trinajstić information content (AvgIpc) is 3.11. The molecule has 2 N–H and O–H groups in total. The van der Waals surface area contributed by atoms with Crippen molar-refractivity contribution in [2.45, 2.75) is 50.2 Å². The van der Waals surface area contributed by atoms with Gasteiger partial charge in [-0.2, -0.15) is 0 Å². The predicted molar refractivity (Wildman–Crippen MR) is 68.9 cm³/mol. The van der Waals surface area contributed by atoms with E-state index in [4.69, 9.17) is 0 Å². The van der Waals surface area contributed by atoms with Crippen LogP contribution in [0, 0.1) is 0 Å². The molecule has 1 atom stereocenters. The third-order valence-electron chi connectivity index (χ3n) is 4.08. The van der Waals surface area contributed by atoms with Gasteiger partial charge in [0.25, 0.3) is 0 Å². The summed E-state index contributed by atoms with van der Waals surface area (Å²) in [5.41, 5.74) is 1.99. The molecule has 17 heavy (non-hydrogen) atoms. The number of hydrogen-bond donors (Lipinski definition) is 2. The second-order valence-corrected chi connectivity index (χ2v) is 5.58. The molecule has 1 unspecified atom stereocenters. The van der Waals surface area contributed by atoms with Gasteiger partial charge in [0.1, 0.15) is 0 Å². The van der Waals surface area contributed by atoms with Gasteiger partial charge in [0.05, 0.1) is 5.60 Å². The molecular weight excluding hydrogens is 210 g/mol. The lowest BCUT2D eigenvalue weighted by atomic mass is 9.95. The molecular formula is C15H21NO. The van der Waals surface area contributed by atoms with Gasteiger partial charge in [-0.15, -0.1) is 0 Å². The van der Waals surface area contributed by atoms with E-state index in [-0.39, 0.29) is 0 Å². The molecule has 3 rings (SSSR count). The molecule has 92 valence electrons. The van der Waals surface area contributed by atoms with E-state index in [0.717, 1.165) is 31.4 Å². The monoisotopic (exact) mass is 231 g/mol. The van der Waals surface area contributed by atoms with Gasteiger partial charge in [0, 0.05) is 6.04 Å². The minimum atomic E-state index is -0.490. The molecule has 1 aromatic rings. The topological polar surface area (TPSA) is 32.3 Å². The van der Waals surface area contributed by atoms with Gasteiger partial charge in [0.15, 0.2) is 0 Å². The molecule has 1 aliphatic carbocycles. The van der Waals surface area contributed by atoms with Gasteiger partial charge < -0.3 is 10.4 Å². The van der Waals surface area contributed by atoms with Crippen LogP contribution in [0.3, 0.4) is 0 Å². The van der Waals surface area contributed by atoms with Crippen molar-refractivity contribution in [3.8, 4) is 0 Å². The van der Waals surface area contributed by atoms with Crippen LogP contribution in [0.4, 0.5) is 0 Å². The molecule has 1 heterocycles. The van der Waals surface area contributed by atoms with E-state index in [9.17, 15) is 5.11 Å². The Morgan fingerprint density at radius 1 is 1.29 bits per heavy atom. The van der Waals surface area contributed by atoms with E-state index in [1.165, 1.54) is 24.8 Å². The summed E-state index contributed by atoms with van der Waals surface area (Å²) in [5, 5.41) is 13.7. The zero-order chi connectivity index (χ0) is 11.7. The first-order valence-corrected chi connectivity index (χ1v) is 6.81. The van der Waals surface area contributed by atoms with Crippen LogP contribution in [-0.4, -0.2) is 17.7 Å². The zero-order valence-corrected chi connectivity index (χ0v) is 10.3. The van der Waals surface area contributed by atoms with Gasteiger partial charge in [-0.1, -0.05) is 30.7 Å². The van der Waals surface area contributed by atoms with E-state index >= 15 is 0 Å². The first-order chi connectivity index (χ1) is 8.26. The number of nitrogens with one attached hydrogen (secondary N) is 1. The maximum absolute atomic E-state index is 10.1. The second-order valence-electron chi connectivity index (χ2n) is 5.58. The Balaban J connectivity index is 1.70. The van der Waals surface area contributed by atoms with E-state index < -0.39 is 5.60 Å². The van der Waals surface area contributed by atoms with Crippen molar-refractivity contribution in [1.82, 2.24) is 5.32 Å². The van der Waals surface area contributed by atoms with Crippen molar-refractivity contribution in [1.29, 1.82) is 0 Å². The molecule has 2 nitrogen and oxygen atoms in total. The Labute approximate surface area is 103 Å². The lowest BCUT2D eigenvalue weighted by Crippen LogP contribution is -2.35. The molecule has 0 spiro atoms. The van der Waals surface area contributed by atoms with Crippen molar-refractivity contribution < 1.29 is 5.11 Å². The lowest BCUT2D eigenvalue weighted by Gasteiger charge is -2.23. The predicted octanol–water partition coefficient (Wildman–Crippen LogP) is 2.35. The molecule has 2 aliphatic rings. The van der Waals surface area contributed by atoms with Gasteiger partial charge in [-0.05, 0) is 49.8 Å². The largest absolute Gasteiger partial charge is 0.385 e. The zero-order valence-electron chi connectivity index (χ0n) is 10.3. The second kappa shape index (κ2) is 4.43. The maximum Gasteiger partial charge on any atom is 0.0899 e. The minimum absolute atomic E-state index is 0.490. The van der Waals surface area contributed by atoms with Crippen LogP contribution < -0.4 is 5.32 Å². The van der Waals surface area contributed by atoms with Crippen LogP contribution in [0.15, 0.2) is 24.3 Å².